The predicted molar refractivity (Wildman–Crippen MR) is 66.9 cm³/mol. The number of hydrogen-bond acceptors (Lipinski definition) is 3. The van der Waals surface area contributed by atoms with Crippen LogP contribution >= 0.6 is 0 Å². The van der Waals surface area contributed by atoms with Crippen LogP contribution in [-0.2, 0) is 4.79 Å². The molecule has 3 N–H and O–H groups in total. The lowest BCUT2D eigenvalue weighted by molar-refractivity contribution is -0.144. The number of carboxylic acids is 1. The van der Waals surface area contributed by atoms with Gasteiger partial charge in [0.2, 0.25) is 0 Å². The molecule has 1 fully saturated rings. The molecule has 4 heteroatoms. The molecule has 0 aromatic rings. The first-order valence-electron chi connectivity index (χ1n) is 6.59. The van der Waals surface area contributed by atoms with Crippen LogP contribution in [0.4, 0.5) is 0 Å². The summed E-state index contributed by atoms with van der Waals surface area (Å²) in [5.41, 5.74) is -0.692. The summed E-state index contributed by atoms with van der Waals surface area (Å²) in [5, 5.41) is 22.4. The summed E-state index contributed by atoms with van der Waals surface area (Å²) < 4.78 is 0. The maximum atomic E-state index is 10.8. The maximum absolute atomic E-state index is 10.8. The molecule has 0 amide bonds. The van der Waals surface area contributed by atoms with Crippen LogP contribution in [-0.4, -0.2) is 34.9 Å². The molecule has 1 saturated carbocycles. The van der Waals surface area contributed by atoms with E-state index in [0.29, 0.717) is 38.1 Å². The van der Waals surface area contributed by atoms with E-state index >= 15 is 0 Å². The summed E-state index contributed by atoms with van der Waals surface area (Å²) in [6.45, 7) is 5.86. The Labute approximate surface area is 103 Å². The third-order valence-electron chi connectivity index (χ3n) is 3.62. The Morgan fingerprint density at radius 3 is 2.47 bits per heavy atom. The number of aliphatic carboxylic acids is 1. The molecule has 0 radical (unpaired) electrons. The van der Waals surface area contributed by atoms with Gasteiger partial charge in [0.05, 0.1) is 11.5 Å². The van der Waals surface area contributed by atoms with E-state index in [1.54, 1.807) is 0 Å². The summed E-state index contributed by atoms with van der Waals surface area (Å²) in [4.78, 5) is 10.8. The second-order valence-electron chi connectivity index (χ2n) is 5.70. The van der Waals surface area contributed by atoms with Gasteiger partial charge < -0.3 is 15.5 Å². The van der Waals surface area contributed by atoms with Crippen LogP contribution in [0.5, 0.6) is 0 Å². The Kier molecular flexibility index (Phi) is 5.40. The van der Waals surface area contributed by atoms with Gasteiger partial charge in [-0.25, -0.2) is 0 Å². The molecule has 0 spiro atoms. The average Bonchev–Trinajstić information content (AvgIpc) is 2.25. The fraction of sp³-hybridized carbons (Fsp3) is 0.923. The Morgan fingerprint density at radius 1 is 1.41 bits per heavy atom. The van der Waals surface area contributed by atoms with Gasteiger partial charge in [-0.15, -0.1) is 0 Å². The molecule has 0 aromatic heterocycles. The Balaban J connectivity index is 2.22. The minimum atomic E-state index is -0.722. The van der Waals surface area contributed by atoms with Crippen LogP contribution in [0, 0.1) is 11.8 Å². The van der Waals surface area contributed by atoms with E-state index in [0.717, 1.165) is 13.0 Å². The Morgan fingerprint density at radius 2 is 2.00 bits per heavy atom. The molecule has 0 aromatic carbocycles. The van der Waals surface area contributed by atoms with Gasteiger partial charge in [-0.1, -0.05) is 13.8 Å². The van der Waals surface area contributed by atoms with Crippen molar-refractivity contribution in [2.75, 3.05) is 13.1 Å². The highest BCUT2D eigenvalue weighted by atomic mass is 16.4. The zero-order chi connectivity index (χ0) is 12.9. The summed E-state index contributed by atoms with van der Waals surface area (Å²) in [6.07, 6.45) is 3.49. The van der Waals surface area contributed by atoms with Crippen molar-refractivity contribution in [3.63, 3.8) is 0 Å². The van der Waals surface area contributed by atoms with Crippen molar-refractivity contribution >= 4 is 5.97 Å². The lowest BCUT2D eigenvalue weighted by Gasteiger charge is -2.34. The summed E-state index contributed by atoms with van der Waals surface area (Å²) in [5.74, 6) is -0.314. The first-order valence-corrected chi connectivity index (χ1v) is 6.59. The zero-order valence-electron chi connectivity index (χ0n) is 10.9. The van der Waals surface area contributed by atoms with Gasteiger partial charge in [0, 0.05) is 6.54 Å². The topological polar surface area (TPSA) is 69.6 Å². The second-order valence-corrected chi connectivity index (χ2v) is 5.70. The van der Waals surface area contributed by atoms with Crippen LogP contribution in [0.1, 0.15) is 46.0 Å². The van der Waals surface area contributed by atoms with Crippen LogP contribution in [0.25, 0.3) is 0 Å². The molecule has 1 rings (SSSR count). The van der Waals surface area contributed by atoms with E-state index in [4.69, 9.17) is 5.11 Å². The van der Waals surface area contributed by atoms with Gasteiger partial charge >= 0.3 is 5.97 Å². The van der Waals surface area contributed by atoms with Crippen LogP contribution in [0.15, 0.2) is 0 Å². The highest BCUT2D eigenvalue weighted by molar-refractivity contribution is 5.70. The van der Waals surface area contributed by atoms with E-state index in [2.05, 4.69) is 19.2 Å². The van der Waals surface area contributed by atoms with E-state index in [-0.39, 0.29) is 5.92 Å². The number of nitrogens with one attached hydrogen (secondary N) is 1. The van der Waals surface area contributed by atoms with E-state index in [1.165, 1.54) is 0 Å². The number of rotatable bonds is 6. The highest BCUT2D eigenvalue weighted by Crippen LogP contribution is 2.31. The molecule has 0 bridgehead atoms. The van der Waals surface area contributed by atoms with Crippen molar-refractivity contribution < 1.29 is 15.0 Å². The van der Waals surface area contributed by atoms with Gasteiger partial charge in [0.1, 0.15) is 0 Å². The summed E-state index contributed by atoms with van der Waals surface area (Å²) >= 11 is 0. The van der Waals surface area contributed by atoms with Crippen molar-refractivity contribution in [1.82, 2.24) is 5.32 Å². The molecule has 0 unspecified atom stereocenters. The second kappa shape index (κ2) is 6.36. The van der Waals surface area contributed by atoms with Crippen molar-refractivity contribution in [2.24, 2.45) is 11.8 Å². The molecule has 0 atom stereocenters. The van der Waals surface area contributed by atoms with Crippen molar-refractivity contribution in [3.8, 4) is 0 Å². The quantitative estimate of drug-likeness (QED) is 0.620. The van der Waals surface area contributed by atoms with Crippen molar-refractivity contribution in [2.45, 2.75) is 51.6 Å². The standard InChI is InChI=1S/C13H25NO3/c1-10(2)5-8-14-9-13(17)6-3-11(4-7-13)12(15)16/h10-11,14,17H,3-9H2,1-2H3,(H,15,16). The monoisotopic (exact) mass is 243 g/mol. The average molecular weight is 243 g/mol. The van der Waals surface area contributed by atoms with E-state index in [1.807, 2.05) is 0 Å². The molecule has 4 nitrogen and oxygen atoms in total. The molecule has 0 heterocycles. The number of carbonyl (C=O) groups is 1. The third-order valence-corrected chi connectivity index (χ3v) is 3.62. The predicted octanol–water partition coefficient (Wildman–Crippen LogP) is 1.63. The van der Waals surface area contributed by atoms with E-state index in [9.17, 15) is 9.90 Å². The number of carboxylic acid groups (broad SMARTS) is 1. The fourth-order valence-electron chi connectivity index (χ4n) is 2.29. The minimum Gasteiger partial charge on any atom is -0.481 e. The Hall–Kier alpha value is -0.610. The summed E-state index contributed by atoms with van der Waals surface area (Å²) in [6, 6.07) is 0. The molecule has 0 saturated heterocycles. The van der Waals surface area contributed by atoms with Gasteiger partial charge in [0.15, 0.2) is 0 Å². The fourth-order valence-corrected chi connectivity index (χ4v) is 2.29. The van der Waals surface area contributed by atoms with Crippen LogP contribution in [0.2, 0.25) is 0 Å². The smallest absolute Gasteiger partial charge is 0.306 e. The highest BCUT2D eigenvalue weighted by Gasteiger charge is 2.35. The SMILES string of the molecule is CC(C)CCNCC1(O)CCC(C(=O)O)CC1. The summed E-state index contributed by atoms with van der Waals surface area (Å²) in [7, 11) is 0. The largest absolute Gasteiger partial charge is 0.481 e. The van der Waals surface area contributed by atoms with Gasteiger partial charge in [-0.2, -0.15) is 0 Å². The normalized spacial score (nSPS) is 29.5. The zero-order valence-corrected chi connectivity index (χ0v) is 10.9. The first kappa shape index (κ1) is 14.5. The maximum Gasteiger partial charge on any atom is 0.306 e. The minimum absolute atomic E-state index is 0.258. The van der Waals surface area contributed by atoms with Crippen molar-refractivity contribution in [1.29, 1.82) is 0 Å². The molecule has 0 aliphatic heterocycles. The van der Waals surface area contributed by atoms with Crippen LogP contribution < -0.4 is 5.32 Å². The molecular formula is C13H25NO3. The molecular weight excluding hydrogens is 218 g/mol. The molecule has 17 heavy (non-hydrogen) atoms. The van der Waals surface area contributed by atoms with Crippen molar-refractivity contribution in [3.05, 3.63) is 0 Å². The lowest BCUT2D eigenvalue weighted by Crippen LogP contribution is -2.44. The first-order chi connectivity index (χ1) is 7.93. The molecule has 1 aliphatic rings. The number of hydrogen-bond donors (Lipinski definition) is 3. The lowest BCUT2D eigenvalue weighted by atomic mass is 9.79. The van der Waals surface area contributed by atoms with Gasteiger partial charge in [-0.3, -0.25) is 4.79 Å². The third kappa shape index (κ3) is 5.04. The van der Waals surface area contributed by atoms with E-state index < -0.39 is 11.6 Å². The van der Waals surface area contributed by atoms with Gasteiger partial charge in [-0.05, 0) is 44.6 Å². The molecule has 1 aliphatic carbocycles. The molecule has 100 valence electrons. The van der Waals surface area contributed by atoms with Crippen LogP contribution in [0.3, 0.4) is 0 Å². The number of aliphatic hydroxyl groups is 1. The Bertz CT molecular complexity index is 245. The van der Waals surface area contributed by atoms with Gasteiger partial charge in [0.25, 0.3) is 0 Å².